The van der Waals surface area contributed by atoms with Gasteiger partial charge in [-0.25, -0.2) is 9.56 Å². The van der Waals surface area contributed by atoms with Gasteiger partial charge in [-0.1, -0.05) is 23.8 Å². The average Bonchev–Trinajstić information content (AvgIpc) is 2.91. The van der Waals surface area contributed by atoms with Gasteiger partial charge in [0.05, 0.1) is 17.3 Å². The Morgan fingerprint density at radius 2 is 1.64 bits per heavy atom. The zero-order valence-electron chi connectivity index (χ0n) is 18.6. The van der Waals surface area contributed by atoms with Crippen LogP contribution in [0.2, 0.25) is 5.02 Å². The largest absolute Gasteiger partial charge is 0.878 e. The molecule has 178 valence electrons. The Morgan fingerprint density at radius 3 is 2.31 bits per heavy atom. The number of halogens is 1. The number of nitrogens with zero attached hydrogens (tertiary/aromatic N) is 6. The number of nitrogens with one attached hydrogen (secondary N) is 1. The molecule has 1 aromatic carbocycles. The molecule has 0 fully saturated rings. The summed E-state index contributed by atoms with van der Waals surface area (Å²) in [7, 11) is 0. The molecule has 0 saturated heterocycles. The second kappa shape index (κ2) is 11.4. The van der Waals surface area contributed by atoms with Gasteiger partial charge in [0, 0.05) is 36.4 Å². The van der Waals surface area contributed by atoms with E-state index in [-0.39, 0.29) is 22.3 Å². The Balaban J connectivity index is 1.71. The van der Waals surface area contributed by atoms with Gasteiger partial charge in [0.25, 0.3) is 11.5 Å². The van der Waals surface area contributed by atoms with Crippen LogP contribution in [0.1, 0.15) is 0 Å². The van der Waals surface area contributed by atoms with Crippen molar-refractivity contribution < 1.29 is 14.6 Å². The first-order valence-electron chi connectivity index (χ1n) is 10.5. The lowest BCUT2D eigenvalue weighted by atomic mass is 10.1. The van der Waals surface area contributed by atoms with Gasteiger partial charge in [0.15, 0.2) is 5.02 Å². The van der Waals surface area contributed by atoms with Crippen molar-refractivity contribution in [2.45, 2.75) is 0 Å². The third-order valence-corrected chi connectivity index (χ3v) is 5.17. The van der Waals surface area contributed by atoms with Gasteiger partial charge in [-0.3, -0.25) is 15.1 Å². The zero-order valence-corrected chi connectivity index (χ0v) is 19.4. The van der Waals surface area contributed by atoms with Crippen LogP contribution >= 0.6 is 11.6 Å². The van der Waals surface area contributed by atoms with E-state index >= 15 is 0 Å². The molecule has 0 aliphatic carbocycles. The molecule has 0 aliphatic rings. The van der Waals surface area contributed by atoms with Gasteiger partial charge in [-0.15, -0.1) is 6.26 Å². The van der Waals surface area contributed by atoms with Crippen LogP contribution in [-0.4, -0.2) is 26.1 Å². The first-order chi connectivity index (χ1) is 17.5. The van der Waals surface area contributed by atoms with Gasteiger partial charge in [-0.2, -0.15) is 0 Å². The number of allylic oxidation sites excluding steroid dienone is 3. The molecule has 0 radical (unpaired) electrons. The standard InChI is InChI=1S/C25H18ClN7O3/c26-22-23(28-12-2-1-3-17-34)30-25(31-24(22)29-20-4-6-21(7-5-20)33(35)36)32-15-10-19(11-16-32)18-8-13-27-14-9-18/h1-17H,(H-,28,29,30,31,34). The van der Waals surface area contributed by atoms with E-state index in [1.165, 1.54) is 30.5 Å². The van der Waals surface area contributed by atoms with Gasteiger partial charge in [0.2, 0.25) is 5.82 Å². The van der Waals surface area contributed by atoms with Crippen molar-refractivity contribution in [3.05, 3.63) is 113 Å². The van der Waals surface area contributed by atoms with Crippen LogP contribution in [0.3, 0.4) is 0 Å². The molecule has 4 rings (SSSR count). The molecule has 0 aliphatic heterocycles. The van der Waals surface area contributed by atoms with Crippen LogP contribution in [0, 0.1) is 10.1 Å². The fraction of sp³-hybridized carbons (Fsp3) is 0. The number of benzene rings is 1. The van der Waals surface area contributed by atoms with Crippen molar-refractivity contribution in [3.63, 3.8) is 0 Å². The van der Waals surface area contributed by atoms with E-state index in [2.05, 4.69) is 25.3 Å². The monoisotopic (exact) mass is 499 g/mol. The first-order valence-corrected chi connectivity index (χ1v) is 10.9. The van der Waals surface area contributed by atoms with Crippen LogP contribution in [0.15, 0.2) is 103 Å². The number of rotatable bonds is 8. The highest BCUT2D eigenvalue weighted by Crippen LogP contribution is 2.32. The second-order valence-electron chi connectivity index (χ2n) is 7.16. The summed E-state index contributed by atoms with van der Waals surface area (Å²) in [5, 5.41) is 24.6. The maximum absolute atomic E-state index is 10.9. The number of pyridine rings is 2. The Bertz CT molecular complexity index is 1440. The predicted octanol–water partition coefficient (Wildman–Crippen LogP) is 4.25. The first kappa shape index (κ1) is 24.2. The minimum atomic E-state index is -0.478. The van der Waals surface area contributed by atoms with E-state index < -0.39 is 4.92 Å². The van der Waals surface area contributed by atoms with Gasteiger partial charge in [0.1, 0.15) is 0 Å². The number of hydrogen-bond donors (Lipinski definition) is 1. The van der Waals surface area contributed by atoms with Crippen molar-refractivity contribution in [2.75, 3.05) is 5.32 Å². The Hall–Kier alpha value is -4.96. The average molecular weight is 500 g/mol. The maximum Gasteiger partial charge on any atom is 0.441 e. The molecular weight excluding hydrogens is 482 g/mol. The number of nitro benzene ring substituents is 1. The Kier molecular flexibility index (Phi) is 7.69. The smallest absolute Gasteiger partial charge is 0.441 e. The van der Waals surface area contributed by atoms with Crippen molar-refractivity contribution in [3.8, 4) is 17.1 Å². The number of aromatic nitrogens is 4. The van der Waals surface area contributed by atoms with Crippen LogP contribution in [0.25, 0.3) is 17.1 Å². The molecule has 3 heterocycles. The van der Waals surface area contributed by atoms with E-state index in [9.17, 15) is 15.2 Å². The molecular formula is C25H18ClN7O3. The SMILES string of the molecule is O=[N+]([O-])c1ccc(Nc2nc(-[n+]3ccc(-c4ccncc4)cc3)nc(N=C/C=C/C=C/[O-])c2Cl)cc1. The lowest BCUT2D eigenvalue weighted by Crippen LogP contribution is -2.32. The predicted molar refractivity (Wildman–Crippen MR) is 135 cm³/mol. The number of aliphatic imine (C=N–C) groups is 1. The maximum atomic E-state index is 10.9. The minimum absolute atomic E-state index is 0.0379. The topological polar surface area (TPSA) is 133 Å². The third-order valence-electron chi connectivity index (χ3n) is 4.82. The molecule has 3 aromatic heterocycles. The number of non-ortho nitro benzene ring substituents is 1. The van der Waals surface area contributed by atoms with E-state index in [0.29, 0.717) is 17.9 Å². The van der Waals surface area contributed by atoms with Gasteiger partial charge in [-0.05, 0) is 63.6 Å². The molecule has 0 spiro atoms. The summed E-state index contributed by atoms with van der Waals surface area (Å²) in [6, 6.07) is 13.5. The summed E-state index contributed by atoms with van der Waals surface area (Å²) >= 11 is 6.53. The van der Waals surface area contributed by atoms with Crippen molar-refractivity contribution in [1.29, 1.82) is 0 Å². The molecule has 0 saturated carbocycles. The summed E-state index contributed by atoms with van der Waals surface area (Å²) in [6.07, 6.45) is 13.6. The van der Waals surface area contributed by atoms with E-state index in [4.69, 9.17) is 11.6 Å². The van der Waals surface area contributed by atoms with E-state index in [0.717, 1.165) is 11.1 Å². The summed E-state index contributed by atoms with van der Waals surface area (Å²) in [5.41, 5.74) is 2.50. The molecule has 0 unspecified atom stereocenters. The molecule has 1 N–H and O–H groups in total. The highest BCUT2D eigenvalue weighted by atomic mass is 35.5. The van der Waals surface area contributed by atoms with Crippen LogP contribution in [0.4, 0.5) is 23.0 Å². The number of anilines is 2. The van der Waals surface area contributed by atoms with Crippen molar-refractivity contribution in [1.82, 2.24) is 15.0 Å². The molecule has 0 amide bonds. The molecule has 11 heteroatoms. The van der Waals surface area contributed by atoms with Crippen LogP contribution < -0.4 is 15.0 Å². The molecule has 0 atom stereocenters. The number of hydrogen-bond acceptors (Lipinski definition) is 8. The minimum Gasteiger partial charge on any atom is -0.878 e. The molecule has 10 nitrogen and oxygen atoms in total. The zero-order chi connectivity index (χ0) is 25.3. The summed E-state index contributed by atoms with van der Waals surface area (Å²) in [4.78, 5) is 27.8. The summed E-state index contributed by atoms with van der Waals surface area (Å²) in [5.74, 6) is 0.741. The quantitative estimate of drug-likeness (QED) is 0.0956. The van der Waals surface area contributed by atoms with E-state index in [1.807, 2.05) is 24.3 Å². The number of nitro groups is 1. The summed E-state index contributed by atoms with van der Waals surface area (Å²) < 4.78 is 1.71. The molecule has 4 aromatic rings. The van der Waals surface area contributed by atoms with Crippen molar-refractivity contribution in [2.24, 2.45) is 4.99 Å². The Morgan fingerprint density at radius 1 is 0.944 bits per heavy atom. The fourth-order valence-electron chi connectivity index (χ4n) is 3.08. The van der Waals surface area contributed by atoms with E-state index in [1.54, 1.807) is 47.6 Å². The lowest BCUT2D eigenvalue weighted by molar-refractivity contribution is -0.603. The summed E-state index contributed by atoms with van der Waals surface area (Å²) in [6.45, 7) is 0. The normalized spacial score (nSPS) is 11.5. The molecule has 36 heavy (non-hydrogen) atoms. The third kappa shape index (κ3) is 5.93. The van der Waals surface area contributed by atoms with Crippen LogP contribution in [0.5, 0.6) is 0 Å². The van der Waals surface area contributed by atoms with Gasteiger partial charge < -0.3 is 10.4 Å². The second-order valence-corrected chi connectivity index (χ2v) is 7.54. The van der Waals surface area contributed by atoms with Crippen LogP contribution in [-0.2, 0) is 0 Å². The Labute approximate surface area is 210 Å². The highest BCUT2D eigenvalue weighted by Gasteiger charge is 2.22. The lowest BCUT2D eigenvalue weighted by Gasteiger charge is -2.06. The fourth-order valence-corrected chi connectivity index (χ4v) is 3.26. The molecule has 0 bridgehead atoms. The van der Waals surface area contributed by atoms with Gasteiger partial charge >= 0.3 is 5.95 Å². The van der Waals surface area contributed by atoms with Crippen molar-refractivity contribution >= 4 is 40.8 Å². The highest BCUT2D eigenvalue weighted by molar-refractivity contribution is 6.35.